The Morgan fingerprint density at radius 2 is 1.79 bits per heavy atom. The summed E-state index contributed by atoms with van der Waals surface area (Å²) in [6.45, 7) is 2.75. The molecule has 0 aliphatic carbocycles. The first-order chi connectivity index (χ1) is 11.7. The topological polar surface area (TPSA) is 49.0 Å². The van der Waals surface area contributed by atoms with Crippen LogP contribution in [0.25, 0.3) is 10.8 Å². The number of pyridine rings is 1. The van der Waals surface area contributed by atoms with E-state index in [0.717, 1.165) is 11.1 Å². The highest BCUT2D eigenvalue weighted by atomic mass is 32.1. The molecule has 0 aliphatic rings. The minimum absolute atomic E-state index is 0.0209. The van der Waals surface area contributed by atoms with Gasteiger partial charge in [-0.05, 0) is 36.2 Å². The molecule has 0 amide bonds. The Kier molecular flexibility index (Phi) is 5.36. The quantitative estimate of drug-likeness (QED) is 0.492. The molecular weight excluding hydrogens is 316 g/mol. The molecule has 5 heteroatoms. The fraction of sp³-hybridized carbons (Fsp3) is 0.158. The van der Waals surface area contributed by atoms with E-state index in [1.165, 1.54) is 10.9 Å². The van der Waals surface area contributed by atoms with Gasteiger partial charge < -0.3 is 5.32 Å². The van der Waals surface area contributed by atoms with Crippen molar-refractivity contribution in [3.63, 3.8) is 0 Å². The molecule has 2 aromatic carbocycles. The molecule has 1 unspecified atom stereocenters. The summed E-state index contributed by atoms with van der Waals surface area (Å²) in [6, 6.07) is 20.4. The summed E-state index contributed by atoms with van der Waals surface area (Å²) in [5.41, 5.74) is 8.43. The van der Waals surface area contributed by atoms with Gasteiger partial charge in [0, 0.05) is 18.1 Å². The lowest BCUT2D eigenvalue weighted by Gasteiger charge is -2.18. The van der Waals surface area contributed by atoms with Crippen LogP contribution < -0.4 is 16.2 Å². The van der Waals surface area contributed by atoms with Gasteiger partial charge in [0.05, 0.1) is 11.7 Å². The van der Waals surface area contributed by atoms with E-state index in [-0.39, 0.29) is 6.04 Å². The molecule has 0 bridgehead atoms. The first kappa shape index (κ1) is 16.4. The number of hydrogen-bond donors (Lipinski definition) is 3. The van der Waals surface area contributed by atoms with Crippen molar-refractivity contribution in [3.8, 4) is 0 Å². The largest absolute Gasteiger partial charge is 0.358 e. The van der Waals surface area contributed by atoms with Crippen LogP contribution in [0, 0.1) is 0 Å². The molecule has 0 saturated carbocycles. The van der Waals surface area contributed by atoms with Gasteiger partial charge in [-0.3, -0.25) is 10.4 Å². The van der Waals surface area contributed by atoms with Crippen molar-refractivity contribution in [3.05, 3.63) is 78.1 Å². The van der Waals surface area contributed by atoms with Crippen LogP contribution in [-0.2, 0) is 6.54 Å². The van der Waals surface area contributed by atoms with Gasteiger partial charge in [0.15, 0.2) is 5.11 Å². The highest BCUT2D eigenvalue weighted by Crippen LogP contribution is 2.21. The molecule has 3 rings (SSSR count). The number of nitrogens with one attached hydrogen (secondary N) is 3. The Morgan fingerprint density at radius 1 is 1.04 bits per heavy atom. The smallest absolute Gasteiger partial charge is 0.181 e. The van der Waals surface area contributed by atoms with Crippen molar-refractivity contribution in [2.75, 3.05) is 0 Å². The molecule has 0 aliphatic heterocycles. The molecule has 0 radical (unpaired) electrons. The van der Waals surface area contributed by atoms with Crippen molar-refractivity contribution < 1.29 is 0 Å². The van der Waals surface area contributed by atoms with Crippen LogP contribution in [0.4, 0.5) is 0 Å². The molecule has 1 aromatic heterocycles. The Labute approximate surface area is 147 Å². The van der Waals surface area contributed by atoms with Crippen molar-refractivity contribution >= 4 is 28.1 Å². The molecule has 122 valence electrons. The third-order valence-corrected chi connectivity index (χ3v) is 4.06. The highest BCUT2D eigenvalue weighted by Gasteiger charge is 2.10. The van der Waals surface area contributed by atoms with Crippen molar-refractivity contribution in [1.82, 2.24) is 21.2 Å². The molecule has 0 fully saturated rings. The van der Waals surface area contributed by atoms with Crippen LogP contribution in [0.15, 0.2) is 66.9 Å². The average Bonchev–Trinajstić information content (AvgIpc) is 2.64. The third-order valence-electron chi connectivity index (χ3n) is 3.81. The van der Waals surface area contributed by atoms with Crippen LogP contribution in [0.1, 0.15) is 24.2 Å². The zero-order valence-electron chi connectivity index (χ0n) is 13.5. The SMILES string of the molecule is CC(NNC(=S)NCc1ccccc1)c1nccc2ccccc12. The first-order valence-corrected chi connectivity index (χ1v) is 8.32. The highest BCUT2D eigenvalue weighted by molar-refractivity contribution is 7.80. The number of nitrogens with zero attached hydrogens (tertiary/aromatic N) is 1. The van der Waals surface area contributed by atoms with Crippen LogP contribution in [0.5, 0.6) is 0 Å². The minimum Gasteiger partial charge on any atom is -0.358 e. The van der Waals surface area contributed by atoms with E-state index < -0.39 is 0 Å². The molecular formula is C19H20N4S. The summed E-state index contributed by atoms with van der Waals surface area (Å²) >= 11 is 5.31. The zero-order chi connectivity index (χ0) is 16.8. The number of hydrazine groups is 1. The van der Waals surface area contributed by atoms with Crippen molar-refractivity contribution in [1.29, 1.82) is 0 Å². The Morgan fingerprint density at radius 3 is 2.62 bits per heavy atom. The van der Waals surface area contributed by atoms with E-state index in [9.17, 15) is 0 Å². The van der Waals surface area contributed by atoms with Gasteiger partial charge in [-0.2, -0.15) is 0 Å². The van der Waals surface area contributed by atoms with Gasteiger partial charge in [-0.15, -0.1) is 0 Å². The number of benzene rings is 2. The maximum Gasteiger partial charge on any atom is 0.181 e. The van der Waals surface area contributed by atoms with Gasteiger partial charge in [0.1, 0.15) is 0 Å². The van der Waals surface area contributed by atoms with E-state index in [1.807, 2.05) is 42.6 Å². The first-order valence-electron chi connectivity index (χ1n) is 7.91. The van der Waals surface area contributed by atoms with Crippen molar-refractivity contribution in [2.24, 2.45) is 0 Å². The van der Waals surface area contributed by atoms with E-state index >= 15 is 0 Å². The summed E-state index contributed by atoms with van der Waals surface area (Å²) in [5, 5.41) is 6.07. The van der Waals surface area contributed by atoms with Crippen LogP contribution in [0.2, 0.25) is 0 Å². The second-order valence-corrected chi connectivity index (χ2v) is 5.98. The number of fused-ring (bicyclic) bond motifs is 1. The maximum atomic E-state index is 5.31. The molecule has 24 heavy (non-hydrogen) atoms. The van der Waals surface area contributed by atoms with E-state index in [4.69, 9.17) is 12.2 Å². The van der Waals surface area contributed by atoms with Crippen LogP contribution >= 0.6 is 12.2 Å². The average molecular weight is 336 g/mol. The monoisotopic (exact) mass is 336 g/mol. The fourth-order valence-corrected chi connectivity index (χ4v) is 2.68. The molecule has 3 aromatic rings. The number of rotatable bonds is 5. The molecule has 3 N–H and O–H groups in total. The lowest BCUT2D eigenvalue weighted by Crippen LogP contribution is -2.44. The molecule has 1 heterocycles. The van der Waals surface area contributed by atoms with Gasteiger partial charge in [-0.1, -0.05) is 54.6 Å². The summed E-state index contributed by atoms with van der Waals surface area (Å²) < 4.78 is 0. The third kappa shape index (κ3) is 4.07. The Bertz CT molecular complexity index is 814. The zero-order valence-corrected chi connectivity index (χ0v) is 14.3. The Balaban J connectivity index is 1.56. The van der Waals surface area contributed by atoms with E-state index in [1.54, 1.807) is 0 Å². The molecule has 0 saturated heterocycles. The van der Waals surface area contributed by atoms with Crippen LogP contribution in [-0.4, -0.2) is 10.1 Å². The van der Waals surface area contributed by atoms with E-state index in [0.29, 0.717) is 11.7 Å². The summed E-state index contributed by atoms with van der Waals surface area (Å²) in [7, 11) is 0. The number of aromatic nitrogens is 1. The second-order valence-electron chi connectivity index (χ2n) is 5.58. The van der Waals surface area contributed by atoms with Crippen molar-refractivity contribution in [2.45, 2.75) is 19.5 Å². The predicted octanol–water partition coefficient (Wildman–Crippen LogP) is 3.46. The summed E-state index contributed by atoms with van der Waals surface area (Å²) in [4.78, 5) is 4.51. The van der Waals surface area contributed by atoms with Gasteiger partial charge in [0.2, 0.25) is 0 Å². The predicted molar refractivity (Wildman–Crippen MR) is 102 cm³/mol. The van der Waals surface area contributed by atoms with Gasteiger partial charge >= 0.3 is 0 Å². The number of hydrogen-bond acceptors (Lipinski definition) is 3. The molecule has 0 spiro atoms. The fourth-order valence-electron chi connectivity index (χ4n) is 2.55. The van der Waals surface area contributed by atoms with E-state index in [2.05, 4.69) is 52.3 Å². The minimum atomic E-state index is 0.0209. The second kappa shape index (κ2) is 7.86. The van der Waals surface area contributed by atoms with Crippen LogP contribution in [0.3, 0.4) is 0 Å². The molecule has 1 atom stereocenters. The van der Waals surface area contributed by atoms with Gasteiger partial charge in [0.25, 0.3) is 0 Å². The molecule has 4 nitrogen and oxygen atoms in total. The van der Waals surface area contributed by atoms with Gasteiger partial charge in [-0.25, -0.2) is 5.43 Å². The summed E-state index contributed by atoms with van der Waals surface area (Å²) in [6.07, 6.45) is 1.84. The lowest BCUT2D eigenvalue weighted by atomic mass is 10.1. The summed E-state index contributed by atoms with van der Waals surface area (Å²) in [5.74, 6) is 0. The standard InChI is InChI=1S/C19H20N4S/c1-14(18-17-10-6-5-9-16(17)11-12-20-18)22-23-19(24)21-13-15-7-3-2-4-8-15/h2-12,14,22H,13H2,1H3,(H2,21,23,24). The lowest BCUT2D eigenvalue weighted by molar-refractivity contribution is 0.531. The normalized spacial score (nSPS) is 11.9. The Hall–Kier alpha value is -2.50. The number of thiocarbonyl (C=S) groups is 1. The maximum absolute atomic E-state index is 5.31.